The van der Waals surface area contributed by atoms with Crippen LogP contribution in [-0.2, 0) is 24.9 Å². The molecule has 1 unspecified atom stereocenters. The lowest BCUT2D eigenvalue weighted by molar-refractivity contribution is 0.0931. The first kappa shape index (κ1) is 26.3. The highest BCUT2D eigenvalue weighted by Crippen LogP contribution is 2.31. The number of oxazole rings is 1. The Morgan fingerprint density at radius 2 is 1.93 bits per heavy atom. The van der Waals surface area contributed by atoms with Crippen molar-refractivity contribution in [3.63, 3.8) is 0 Å². The molecule has 2 heterocycles. The highest BCUT2D eigenvalue weighted by atomic mass is 16.7. The summed E-state index contributed by atoms with van der Waals surface area (Å²) in [6, 6.07) is 11.9. The molecule has 0 radical (unpaired) electrons. The molecule has 1 atom stereocenters. The third kappa shape index (κ3) is 5.57. The van der Waals surface area contributed by atoms with Crippen molar-refractivity contribution in [2.45, 2.75) is 25.4 Å². The van der Waals surface area contributed by atoms with Crippen molar-refractivity contribution in [3.05, 3.63) is 93.0 Å². The molecule has 0 saturated carbocycles. The Kier molecular flexibility index (Phi) is 7.35. The van der Waals surface area contributed by atoms with Crippen LogP contribution in [0.5, 0.6) is 0 Å². The Morgan fingerprint density at radius 1 is 1.12 bits per heavy atom. The summed E-state index contributed by atoms with van der Waals surface area (Å²) in [5, 5.41) is 11.7. The molecule has 0 saturated heterocycles. The quantitative estimate of drug-likeness (QED) is 0.180. The van der Waals surface area contributed by atoms with Gasteiger partial charge in [0.25, 0.3) is 11.8 Å². The number of benzene rings is 2. The lowest BCUT2D eigenvalue weighted by Gasteiger charge is -2.14. The molecule has 13 nitrogen and oxygen atoms in total. The molecular formula is C27H25N7O6. The number of aryl methyl sites for hydroxylation is 2. The molecule has 204 valence electrons. The zero-order valence-corrected chi connectivity index (χ0v) is 21.6. The number of carbonyl (C=O) groups is 3. The molecule has 13 heteroatoms. The number of fused-ring (bicyclic) bond motifs is 2. The number of hydrogen-bond donors (Lipinski definition) is 3. The van der Waals surface area contributed by atoms with E-state index in [4.69, 9.17) is 4.42 Å². The van der Waals surface area contributed by atoms with Crippen molar-refractivity contribution in [2.24, 2.45) is 12.2 Å². The van der Waals surface area contributed by atoms with Gasteiger partial charge in [-0.25, -0.2) is 19.6 Å². The maximum Gasteiger partial charge on any atom is 0.433 e. The van der Waals surface area contributed by atoms with E-state index >= 15 is 0 Å². The van der Waals surface area contributed by atoms with Gasteiger partial charge < -0.3 is 20.4 Å². The van der Waals surface area contributed by atoms with Crippen LogP contribution in [0, 0.1) is 0 Å². The fourth-order valence-corrected chi connectivity index (χ4v) is 4.44. The SMILES string of the molecule is CNC(=O)O/N=C/c1ccc2c(c1)CCC2NC(=O)c1cc(C(=O)NCc2ccc3oc(=O)n(C)c3c2)ncn1. The summed E-state index contributed by atoms with van der Waals surface area (Å²) >= 11 is 0. The molecule has 0 bridgehead atoms. The molecule has 3 N–H and O–H groups in total. The van der Waals surface area contributed by atoms with Gasteiger partial charge in [0, 0.05) is 26.7 Å². The molecule has 2 aromatic carbocycles. The van der Waals surface area contributed by atoms with Crippen LogP contribution < -0.4 is 21.7 Å². The summed E-state index contributed by atoms with van der Waals surface area (Å²) in [4.78, 5) is 61.2. The second-order valence-electron chi connectivity index (χ2n) is 9.09. The van der Waals surface area contributed by atoms with Crippen LogP contribution in [-0.4, -0.2) is 45.7 Å². The fourth-order valence-electron chi connectivity index (χ4n) is 4.44. The van der Waals surface area contributed by atoms with Crippen molar-refractivity contribution in [1.82, 2.24) is 30.5 Å². The number of aromatic nitrogens is 3. The van der Waals surface area contributed by atoms with E-state index in [1.165, 1.54) is 30.2 Å². The zero-order chi connectivity index (χ0) is 28.2. The van der Waals surface area contributed by atoms with Crippen LogP contribution in [0.4, 0.5) is 4.79 Å². The van der Waals surface area contributed by atoms with Gasteiger partial charge in [0.15, 0.2) is 5.58 Å². The van der Waals surface area contributed by atoms with Crippen LogP contribution in [0.15, 0.2) is 63.2 Å². The Balaban J connectivity index is 1.21. The van der Waals surface area contributed by atoms with Crippen LogP contribution in [0.1, 0.15) is 55.7 Å². The molecule has 1 aliphatic carbocycles. The van der Waals surface area contributed by atoms with Crippen molar-refractivity contribution >= 4 is 35.2 Å². The molecule has 0 spiro atoms. The standard InChI is InChI=1S/C27H25N7O6/c1-28-26(37)40-32-13-15-3-6-18-17(9-15)5-7-19(18)33-25(36)21-11-20(30-14-31-21)24(35)29-12-16-4-8-23-22(10-16)34(2)27(38)39-23/h3-4,6,8-11,13-14,19H,5,7,12H2,1-2H3,(H,28,37)(H,29,35)(H,33,36)/b32-13+. The first-order valence-corrected chi connectivity index (χ1v) is 12.4. The number of amides is 3. The second kappa shape index (κ2) is 11.2. The predicted octanol–water partition coefficient (Wildman–Crippen LogP) is 1.96. The molecule has 5 rings (SSSR count). The van der Waals surface area contributed by atoms with Gasteiger partial charge in [-0.2, -0.15) is 0 Å². The van der Waals surface area contributed by atoms with Crippen LogP contribution in [0.25, 0.3) is 11.1 Å². The molecule has 4 aromatic rings. The minimum absolute atomic E-state index is 0.0478. The van der Waals surface area contributed by atoms with Crippen molar-refractivity contribution < 1.29 is 23.6 Å². The Morgan fingerprint density at radius 3 is 2.73 bits per heavy atom. The first-order chi connectivity index (χ1) is 19.3. The average molecular weight is 544 g/mol. The molecule has 0 fully saturated rings. The van der Waals surface area contributed by atoms with E-state index in [0.29, 0.717) is 17.5 Å². The smallest absolute Gasteiger partial charge is 0.408 e. The lowest BCUT2D eigenvalue weighted by atomic mass is 10.0. The number of nitrogens with zero attached hydrogens (tertiary/aromatic N) is 4. The van der Waals surface area contributed by atoms with Crippen LogP contribution in [0.2, 0.25) is 0 Å². The number of rotatable bonds is 7. The summed E-state index contributed by atoms with van der Waals surface area (Å²) in [6.07, 6.45) is 3.39. The molecule has 40 heavy (non-hydrogen) atoms. The predicted molar refractivity (Wildman–Crippen MR) is 143 cm³/mol. The van der Waals surface area contributed by atoms with Gasteiger partial charge >= 0.3 is 11.8 Å². The van der Waals surface area contributed by atoms with Gasteiger partial charge in [-0.05, 0) is 53.3 Å². The van der Waals surface area contributed by atoms with Gasteiger partial charge in [-0.15, -0.1) is 0 Å². The molecule has 0 aliphatic heterocycles. The van der Waals surface area contributed by atoms with Crippen molar-refractivity contribution in [2.75, 3.05) is 7.05 Å². The van der Waals surface area contributed by atoms with E-state index in [9.17, 15) is 19.2 Å². The van der Waals surface area contributed by atoms with Crippen molar-refractivity contribution in [1.29, 1.82) is 0 Å². The normalized spacial score (nSPS) is 14.2. The fraction of sp³-hybridized carbons (Fsp3) is 0.222. The molecule has 3 amide bonds. The molecule has 1 aliphatic rings. The lowest BCUT2D eigenvalue weighted by Crippen LogP contribution is -2.29. The Labute approximate surface area is 227 Å². The third-order valence-corrected chi connectivity index (χ3v) is 6.53. The summed E-state index contributed by atoms with van der Waals surface area (Å²) in [6.45, 7) is 0.184. The third-order valence-electron chi connectivity index (χ3n) is 6.53. The largest absolute Gasteiger partial charge is 0.433 e. The second-order valence-corrected chi connectivity index (χ2v) is 9.09. The maximum absolute atomic E-state index is 13.0. The van der Waals surface area contributed by atoms with Crippen molar-refractivity contribution in [3.8, 4) is 0 Å². The Hall–Kier alpha value is -5.33. The van der Waals surface area contributed by atoms with Gasteiger partial charge in [-0.3, -0.25) is 19.0 Å². The van der Waals surface area contributed by atoms with Gasteiger partial charge in [0.2, 0.25) is 0 Å². The monoisotopic (exact) mass is 543 g/mol. The topological polar surface area (TPSA) is 170 Å². The summed E-state index contributed by atoms with van der Waals surface area (Å²) in [7, 11) is 3.05. The number of nitrogens with one attached hydrogen (secondary N) is 3. The molecule has 2 aromatic heterocycles. The first-order valence-electron chi connectivity index (χ1n) is 12.4. The van der Waals surface area contributed by atoms with Gasteiger partial charge in [0.1, 0.15) is 17.7 Å². The summed E-state index contributed by atoms with van der Waals surface area (Å²) < 4.78 is 6.51. The van der Waals surface area contributed by atoms with Gasteiger partial charge in [0.05, 0.1) is 17.8 Å². The van der Waals surface area contributed by atoms with E-state index in [0.717, 1.165) is 28.7 Å². The van der Waals surface area contributed by atoms with E-state index in [-0.39, 0.29) is 24.0 Å². The van der Waals surface area contributed by atoms with Crippen LogP contribution in [0.3, 0.4) is 0 Å². The van der Waals surface area contributed by atoms with E-state index in [1.807, 2.05) is 18.2 Å². The van der Waals surface area contributed by atoms with E-state index < -0.39 is 23.7 Å². The summed E-state index contributed by atoms with van der Waals surface area (Å²) in [5.74, 6) is -1.36. The number of hydrogen-bond acceptors (Lipinski definition) is 9. The minimum atomic E-state index is -0.660. The van der Waals surface area contributed by atoms with Gasteiger partial charge in [-0.1, -0.05) is 23.4 Å². The van der Waals surface area contributed by atoms with Crippen LogP contribution >= 0.6 is 0 Å². The van der Waals surface area contributed by atoms with E-state index in [1.54, 1.807) is 25.2 Å². The van der Waals surface area contributed by atoms with E-state index in [2.05, 4.69) is 35.9 Å². The maximum atomic E-state index is 13.0. The molecular weight excluding hydrogens is 518 g/mol. The summed E-state index contributed by atoms with van der Waals surface area (Å²) in [5.41, 5.74) is 4.73. The number of oxime groups is 1. The minimum Gasteiger partial charge on any atom is -0.408 e. The highest BCUT2D eigenvalue weighted by molar-refractivity contribution is 5.97. The number of carbonyl (C=O) groups excluding carboxylic acids is 3. The average Bonchev–Trinajstić information content (AvgIpc) is 3.50. The Bertz CT molecular complexity index is 1710. The zero-order valence-electron chi connectivity index (χ0n) is 21.6. The highest BCUT2D eigenvalue weighted by Gasteiger charge is 2.25.